The summed E-state index contributed by atoms with van der Waals surface area (Å²) in [6.07, 6.45) is 5.36. The Morgan fingerprint density at radius 1 is 1.43 bits per heavy atom. The molecule has 0 radical (unpaired) electrons. The predicted molar refractivity (Wildman–Crippen MR) is 91.8 cm³/mol. The van der Waals surface area contributed by atoms with Crippen molar-refractivity contribution in [1.29, 1.82) is 0 Å². The molecule has 116 valence electrons. The van der Waals surface area contributed by atoms with Crippen LogP contribution in [0.1, 0.15) is 37.7 Å². The van der Waals surface area contributed by atoms with Gasteiger partial charge in [-0.15, -0.1) is 0 Å². The average Bonchev–Trinajstić information content (AvgIpc) is 3.03. The van der Waals surface area contributed by atoms with E-state index in [1.807, 2.05) is 45.9 Å². The number of methoxy groups -OCH3 is 1. The summed E-state index contributed by atoms with van der Waals surface area (Å²) in [6.45, 7) is 0.575. The molecule has 1 aliphatic heterocycles. The van der Waals surface area contributed by atoms with E-state index in [9.17, 15) is 4.79 Å². The minimum atomic E-state index is 0.145. The zero-order valence-electron chi connectivity index (χ0n) is 12.5. The molecule has 5 heteroatoms. The van der Waals surface area contributed by atoms with Gasteiger partial charge in [0.05, 0.1) is 7.11 Å². The highest BCUT2D eigenvalue weighted by atomic mass is 33.1. The third-order valence-electron chi connectivity index (χ3n) is 3.53. The van der Waals surface area contributed by atoms with Gasteiger partial charge in [0.25, 0.3) is 0 Å². The van der Waals surface area contributed by atoms with Crippen molar-refractivity contribution < 1.29 is 9.53 Å². The molecule has 1 heterocycles. The van der Waals surface area contributed by atoms with E-state index in [0.717, 1.165) is 29.4 Å². The highest BCUT2D eigenvalue weighted by Crippen LogP contribution is 2.39. The SMILES string of the molecule is COc1cccc(CNC(=O)CCCCC2CCSS2)c1. The maximum absolute atomic E-state index is 11.8. The number of benzene rings is 1. The normalized spacial score (nSPS) is 17.7. The molecule has 1 aliphatic rings. The molecule has 1 N–H and O–H groups in total. The van der Waals surface area contributed by atoms with E-state index in [1.54, 1.807) is 7.11 Å². The summed E-state index contributed by atoms with van der Waals surface area (Å²) < 4.78 is 5.17. The molecular formula is C16H23NO2S2. The van der Waals surface area contributed by atoms with Crippen molar-refractivity contribution in [3.63, 3.8) is 0 Å². The van der Waals surface area contributed by atoms with Gasteiger partial charge in [-0.1, -0.05) is 40.1 Å². The van der Waals surface area contributed by atoms with Crippen molar-refractivity contribution in [3.8, 4) is 5.75 Å². The van der Waals surface area contributed by atoms with Crippen LogP contribution in [-0.4, -0.2) is 24.0 Å². The van der Waals surface area contributed by atoms with Crippen LogP contribution in [0.2, 0.25) is 0 Å². The van der Waals surface area contributed by atoms with Crippen molar-refractivity contribution in [1.82, 2.24) is 5.32 Å². The van der Waals surface area contributed by atoms with Gasteiger partial charge in [-0.25, -0.2) is 0 Å². The van der Waals surface area contributed by atoms with Crippen molar-refractivity contribution in [2.45, 2.75) is 43.9 Å². The third-order valence-corrected chi connectivity index (χ3v) is 6.54. The molecule has 0 aromatic heterocycles. The molecule has 0 saturated carbocycles. The summed E-state index contributed by atoms with van der Waals surface area (Å²) >= 11 is 0. The summed E-state index contributed by atoms with van der Waals surface area (Å²) in [7, 11) is 5.65. The van der Waals surface area contributed by atoms with E-state index in [-0.39, 0.29) is 5.91 Å². The van der Waals surface area contributed by atoms with Gasteiger partial charge in [0.1, 0.15) is 5.75 Å². The van der Waals surface area contributed by atoms with Crippen molar-refractivity contribution >= 4 is 27.5 Å². The van der Waals surface area contributed by atoms with Crippen LogP contribution < -0.4 is 10.1 Å². The molecule has 0 spiro atoms. The van der Waals surface area contributed by atoms with Crippen LogP contribution in [0.3, 0.4) is 0 Å². The lowest BCUT2D eigenvalue weighted by molar-refractivity contribution is -0.121. The zero-order valence-corrected chi connectivity index (χ0v) is 14.1. The molecule has 1 saturated heterocycles. The standard InChI is InChI=1S/C16H23NO2S2/c1-19-14-6-4-5-13(11-14)12-17-16(18)8-3-2-7-15-9-10-20-21-15/h4-6,11,15H,2-3,7-10,12H2,1H3,(H,17,18). The second-order valence-electron chi connectivity index (χ2n) is 5.20. The number of rotatable bonds is 8. The maximum Gasteiger partial charge on any atom is 0.220 e. The summed E-state index contributed by atoms with van der Waals surface area (Å²) in [5, 5.41) is 3.79. The fourth-order valence-electron chi connectivity index (χ4n) is 2.29. The van der Waals surface area contributed by atoms with Crippen molar-refractivity contribution in [3.05, 3.63) is 29.8 Å². The first-order valence-corrected chi connectivity index (χ1v) is 9.84. The van der Waals surface area contributed by atoms with Crippen LogP contribution in [0.5, 0.6) is 5.75 Å². The molecule has 0 aliphatic carbocycles. The monoisotopic (exact) mass is 325 g/mol. The Balaban J connectivity index is 1.58. The van der Waals surface area contributed by atoms with Gasteiger partial charge in [-0.05, 0) is 37.0 Å². The van der Waals surface area contributed by atoms with Gasteiger partial charge in [0.2, 0.25) is 5.91 Å². The largest absolute Gasteiger partial charge is 0.497 e. The Labute approximate surface area is 135 Å². The topological polar surface area (TPSA) is 38.3 Å². The molecule has 1 unspecified atom stereocenters. The molecule has 1 aromatic carbocycles. The molecule has 1 atom stereocenters. The van der Waals surface area contributed by atoms with Gasteiger partial charge >= 0.3 is 0 Å². The number of amides is 1. The first-order valence-electron chi connectivity index (χ1n) is 7.46. The lowest BCUT2D eigenvalue weighted by Gasteiger charge is -2.08. The number of carbonyl (C=O) groups is 1. The van der Waals surface area contributed by atoms with E-state index < -0.39 is 0 Å². The first-order chi connectivity index (χ1) is 10.3. The number of hydrogen-bond donors (Lipinski definition) is 1. The number of nitrogens with one attached hydrogen (secondary N) is 1. The van der Waals surface area contributed by atoms with Crippen molar-refractivity contribution in [2.75, 3.05) is 12.9 Å². The predicted octanol–water partition coefficient (Wildman–Crippen LogP) is 4.03. The fourth-order valence-corrected chi connectivity index (χ4v) is 5.32. The fraction of sp³-hybridized carbons (Fsp3) is 0.562. The summed E-state index contributed by atoms with van der Waals surface area (Å²) in [5.74, 6) is 2.26. The van der Waals surface area contributed by atoms with Crippen LogP contribution in [0, 0.1) is 0 Å². The Kier molecular flexibility index (Phi) is 7.30. The smallest absolute Gasteiger partial charge is 0.220 e. The van der Waals surface area contributed by atoms with Gasteiger partial charge in [0, 0.05) is 24.0 Å². The first kappa shape index (κ1) is 16.6. The lowest BCUT2D eigenvalue weighted by atomic mass is 10.1. The van der Waals surface area contributed by atoms with E-state index >= 15 is 0 Å². The van der Waals surface area contributed by atoms with E-state index in [4.69, 9.17) is 4.74 Å². The summed E-state index contributed by atoms with van der Waals surface area (Å²) in [4.78, 5) is 11.8. The Hall–Kier alpha value is -0.810. The minimum absolute atomic E-state index is 0.145. The highest BCUT2D eigenvalue weighted by molar-refractivity contribution is 8.77. The van der Waals surface area contributed by atoms with Gasteiger partial charge in [0.15, 0.2) is 0 Å². The van der Waals surface area contributed by atoms with Gasteiger partial charge in [-0.2, -0.15) is 0 Å². The van der Waals surface area contributed by atoms with E-state index in [0.29, 0.717) is 13.0 Å². The Morgan fingerprint density at radius 2 is 2.33 bits per heavy atom. The number of unbranched alkanes of at least 4 members (excludes halogenated alkanes) is 1. The van der Waals surface area contributed by atoms with Crippen LogP contribution in [0.4, 0.5) is 0 Å². The van der Waals surface area contributed by atoms with Crippen LogP contribution >= 0.6 is 21.6 Å². The molecule has 21 heavy (non-hydrogen) atoms. The number of hydrogen-bond acceptors (Lipinski definition) is 4. The molecule has 1 fully saturated rings. The number of carbonyl (C=O) groups excluding carboxylic acids is 1. The molecule has 0 bridgehead atoms. The Bertz CT molecular complexity index is 448. The summed E-state index contributed by atoms with van der Waals surface area (Å²) in [5.41, 5.74) is 1.07. The molecule has 2 rings (SSSR count). The quantitative estimate of drug-likeness (QED) is 0.578. The van der Waals surface area contributed by atoms with Crippen LogP contribution in [-0.2, 0) is 11.3 Å². The average molecular weight is 325 g/mol. The van der Waals surface area contributed by atoms with E-state index in [2.05, 4.69) is 5.32 Å². The third kappa shape index (κ3) is 6.22. The Morgan fingerprint density at radius 3 is 3.10 bits per heavy atom. The highest BCUT2D eigenvalue weighted by Gasteiger charge is 2.15. The molecule has 1 amide bonds. The molecule has 3 nitrogen and oxygen atoms in total. The maximum atomic E-state index is 11.8. The minimum Gasteiger partial charge on any atom is -0.497 e. The second-order valence-corrected chi connectivity index (χ2v) is 7.99. The van der Waals surface area contributed by atoms with Crippen LogP contribution in [0.25, 0.3) is 0 Å². The zero-order chi connectivity index (χ0) is 14.9. The van der Waals surface area contributed by atoms with Gasteiger partial charge < -0.3 is 10.1 Å². The van der Waals surface area contributed by atoms with Crippen LogP contribution in [0.15, 0.2) is 24.3 Å². The second kappa shape index (κ2) is 9.26. The number of ether oxygens (including phenoxy) is 1. The van der Waals surface area contributed by atoms with E-state index in [1.165, 1.54) is 18.6 Å². The lowest BCUT2D eigenvalue weighted by Crippen LogP contribution is -2.22. The van der Waals surface area contributed by atoms with Crippen molar-refractivity contribution in [2.24, 2.45) is 0 Å². The van der Waals surface area contributed by atoms with Gasteiger partial charge in [-0.3, -0.25) is 4.79 Å². The molecule has 1 aromatic rings. The summed E-state index contributed by atoms with van der Waals surface area (Å²) in [6, 6.07) is 7.80. The molecular weight excluding hydrogens is 302 g/mol.